The minimum Gasteiger partial charge on any atom is -0.465 e. The molecule has 1 aliphatic heterocycles. The summed E-state index contributed by atoms with van der Waals surface area (Å²) in [6, 6.07) is 5.70. The maximum absolute atomic E-state index is 10.8. The van der Waals surface area contributed by atoms with E-state index in [4.69, 9.17) is 5.11 Å². The van der Waals surface area contributed by atoms with E-state index in [1.807, 2.05) is 12.1 Å². The van der Waals surface area contributed by atoms with Crippen LogP contribution in [0.1, 0.15) is 24.6 Å². The van der Waals surface area contributed by atoms with Crippen molar-refractivity contribution in [1.82, 2.24) is 15.2 Å². The van der Waals surface area contributed by atoms with E-state index in [2.05, 4.69) is 10.3 Å². The first-order valence-electron chi connectivity index (χ1n) is 6.47. The molecule has 1 aromatic rings. The maximum Gasteiger partial charge on any atom is 0.407 e. The summed E-state index contributed by atoms with van der Waals surface area (Å²) in [4.78, 5) is 16.3. The highest BCUT2D eigenvalue weighted by atomic mass is 16.4. The number of aliphatic hydroxyl groups is 1. The molecule has 3 N–H and O–H groups in total. The molecule has 2 heterocycles. The van der Waals surface area contributed by atoms with E-state index in [0.717, 1.165) is 12.8 Å². The molecular weight excluding hydrogens is 246 g/mol. The van der Waals surface area contributed by atoms with Gasteiger partial charge in [0.15, 0.2) is 0 Å². The largest absolute Gasteiger partial charge is 0.465 e. The predicted octanol–water partition coefficient (Wildman–Crippen LogP) is 0.847. The van der Waals surface area contributed by atoms with Gasteiger partial charge in [0.1, 0.15) is 6.10 Å². The molecule has 6 heteroatoms. The number of pyridine rings is 1. The Labute approximate surface area is 112 Å². The molecule has 1 unspecified atom stereocenters. The third-order valence-electron chi connectivity index (χ3n) is 3.39. The Kier molecular flexibility index (Phi) is 4.70. The lowest BCUT2D eigenvalue weighted by molar-refractivity contribution is 0.122. The Morgan fingerprint density at radius 2 is 2.21 bits per heavy atom. The van der Waals surface area contributed by atoms with Crippen LogP contribution < -0.4 is 5.32 Å². The van der Waals surface area contributed by atoms with E-state index in [9.17, 15) is 9.90 Å². The lowest BCUT2D eigenvalue weighted by Gasteiger charge is -2.31. The van der Waals surface area contributed by atoms with Crippen LogP contribution in [-0.2, 0) is 0 Å². The second kappa shape index (κ2) is 6.49. The smallest absolute Gasteiger partial charge is 0.407 e. The van der Waals surface area contributed by atoms with Gasteiger partial charge in [-0.05, 0) is 25.0 Å². The monoisotopic (exact) mass is 265 g/mol. The van der Waals surface area contributed by atoms with Gasteiger partial charge in [-0.2, -0.15) is 0 Å². The van der Waals surface area contributed by atoms with E-state index >= 15 is 0 Å². The highest BCUT2D eigenvalue weighted by molar-refractivity contribution is 5.65. The Morgan fingerprint density at radius 1 is 1.47 bits per heavy atom. The molecule has 2 rings (SSSR count). The standard InChI is InChI=1S/C13H19N3O3/c17-12(11-3-1-2-6-14-11)9-15-10-4-7-16(8-5-10)13(18)19/h1-3,6,10,12,15,17H,4-5,7-9H2,(H,18,19). The molecule has 0 aromatic carbocycles. The number of amides is 1. The van der Waals surface area contributed by atoms with Gasteiger partial charge in [0.05, 0.1) is 5.69 Å². The molecule has 104 valence electrons. The van der Waals surface area contributed by atoms with E-state index in [1.165, 1.54) is 4.90 Å². The summed E-state index contributed by atoms with van der Waals surface area (Å²) in [5.74, 6) is 0. The van der Waals surface area contributed by atoms with Gasteiger partial charge in [-0.3, -0.25) is 4.98 Å². The van der Waals surface area contributed by atoms with Gasteiger partial charge in [0.25, 0.3) is 0 Å². The molecule has 0 spiro atoms. The number of likely N-dealkylation sites (tertiary alicyclic amines) is 1. The van der Waals surface area contributed by atoms with E-state index < -0.39 is 12.2 Å². The Bertz CT molecular complexity index is 405. The highest BCUT2D eigenvalue weighted by Gasteiger charge is 2.22. The zero-order valence-electron chi connectivity index (χ0n) is 10.7. The van der Waals surface area contributed by atoms with Crippen LogP contribution in [0.5, 0.6) is 0 Å². The fraction of sp³-hybridized carbons (Fsp3) is 0.538. The van der Waals surface area contributed by atoms with Gasteiger partial charge < -0.3 is 20.4 Å². The van der Waals surface area contributed by atoms with E-state index in [1.54, 1.807) is 12.3 Å². The van der Waals surface area contributed by atoms with Gasteiger partial charge in [-0.15, -0.1) is 0 Å². The van der Waals surface area contributed by atoms with Crippen LogP contribution in [0, 0.1) is 0 Å². The summed E-state index contributed by atoms with van der Waals surface area (Å²) in [5, 5.41) is 22.1. The Morgan fingerprint density at radius 3 is 2.79 bits per heavy atom. The van der Waals surface area contributed by atoms with Crippen LogP contribution in [0.2, 0.25) is 0 Å². The molecule has 1 amide bonds. The van der Waals surface area contributed by atoms with Crippen molar-refractivity contribution in [3.63, 3.8) is 0 Å². The number of aliphatic hydroxyl groups excluding tert-OH is 1. The number of carbonyl (C=O) groups is 1. The number of nitrogens with one attached hydrogen (secondary N) is 1. The van der Waals surface area contributed by atoms with Crippen LogP contribution in [0.3, 0.4) is 0 Å². The van der Waals surface area contributed by atoms with Crippen molar-refractivity contribution in [3.8, 4) is 0 Å². The first-order chi connectivity index (χ1) is 9.16. The summed E-state index contributed by atoms with van der Waals surface area (Å²) >= 11 is 0. The molecule has 1 aliphatic rings. The van der Waals surface area contributed by atoms with Crippen molar-refractivity contribution in [1.29, 1.82) is 0 Å². The van der Waals surface area contributed by atoms with Gasteiger partial charge in [-0.25, -0.2) is 4.79 Å². The molecule has 1 atom stereocenters. The minimum atomic E-state index is -0.855. The maximum atomic E-state index is 10.8. The van der Waals surface area contributed by atoms with Crippen molar-refractivity contribution >= 4 is 6.09 Å². The van der Waals surface area contributed by atoms with E-state index in [-0.39, 0.29) is 6.04 Å². The summed E-state index contributed by atoms with van der Waals surface area (Å²) in [5.41, 5.74) is 0.651. The number of rotatable bonds is 4. The summed E-state index contributed by atoms with van der Waals surface area (Å²) in [6.45, 7) is 1.54. The van der Waals surface area contributed by atoms with Crippen LogP contribution in [0.4, 0.5) is 4.79 Å². The number of nitrogens with zero attached hydrogens (tertiary/aromatic N) is 2. The van der Waals surface area contributed by atoms with Crippen molar-refractivity contribution in [2.45, 2.75) is 25.0 Å². The molecule has 6 nitrogen and oxygen atoms in total. The van der Waals surface area contributed by atoms with Crippen molar-refractivity contribution in [3.05, 3.63) is 30.1 Å². The molecule has 1 aromatic heterocycles. The lowest BCUT2D eigenvalue weighted by Crippen LogP contribution is -2.45. The van der Waals surface area contributed by atoms with Crippen LogP contribution in [0.25, 0.3) is 0 Å². The fourth-order valence-corrected chi connectivity index (χ4v) is 2.23. The summed E-state index contributed by atoms with van der Waals surface area (Å²) in [7, 11) is 0. The second-order valence-corrected chi connectivity index (χ2v) is 4.72. The fourth-order valence-electron chi connectivity index (χ4n) is 2.23. The van der Waals surface area contributed by atoms with Crippen LogP contribution >= 0.6 is 0 Å². The third-order valence-corrected chi connectivity index (χ3v) is 3.39. The Balaban J connectivity index is 1.73. The zero-order valence-corrected chi connectivity index (χ0v) is 10.7. The molecule has 19 heavy (non-hydrogen) atoms. The first-order valence-corrected chi connectivity index (χ1v) is 6.47. The van der Waals surface area contributed by atoms with Gasteiger partial charge >= 0.3 is 6.09 Å². The zero-order chi connectivity index (χ0) is 13.7. The van der Waals surface area contributed by atoms with Crippen LogP contribution in [0.15, 0.2) is 24.4 Å². The van der Waals surface area contributed by atoms with Crippen molar-refractivity contribution < 1.29 is 15.0 Å². The molecule has 0 radical (unpaired) electrons. The predicted molar refractivity (Wildman–Crippen MR) is 69.8 cm³/mol. The van der Waals surface area contributed by atoms with Gasteiger partial charge in [0.2, 0.25) is 0 Å². The highest BCUT2D eigenvalue weighted by Crippen LogP contribution is 2.12. The van der Waals surface area contributed by atoms with Gasteiger partial charge in [0, 0.05) is 31.9 Å². The number of hydrogen-bond acceptors (Lipinski definition) is 4. The minimum absolute atomic E-state index is 0.258. The number of hydrogen-bond donors (Lipinski definition) is 3. The summed E-state index contributed by atoms with van der Waals surface area (Å²) in [6.07, 6.45) is 1.73. The number of aromatic nitrogens is 1. The molecule has 1 saturated heterocycles. The van der Waals surface area contributed by atoms with Crippen molar-refractivity contribution in [2.75, 3.05) is 19.6 Å². The average Bonchev–Trinajstić information content (AvgIpc) is 2.46. The normalized spacial score (nSPS) is 18.3. The molecule has 0 saturated carbocycles. The molecule has 0 aliphatic carbocycles. The first kappa shape index (κ1) is 13.8. The topological polar surface area (TPSA) is 85.7 Å². The molecule has 0 bridgehead atoms. The van der Waals surface area contributed by atoms with E-state index in [0.29, 0.717) is 25.3 Å². The number of carboxylic acid groups (broad SMARTS) is 1. The second-order valence-electron chi connectivity index (χ2n) is 4.72. The third kappa shape index (κ3) is 3.90. The molecular formula is C13H19N3O3. The SMILES string of the molecule is O=C(O)N1CCC(NCC(O)c2ccccn2)CC1. The van der Waals surface area contributed by atoms with Crippen molar-refractivity contribution in [2.24, 2.45) is 0 Å². The van der Waals surface area contributed by atoms with Gasteiger partial charge in [-0.1, -0.05) is 6.07 Å². The average molecular weight is 265 g/mol. The quantitative estimate of drug-likeness (QED) is 0.751. The van der Waals surface area contributed by atoms with Crippen LogP contribution in [-0.4, -0.2) is 51.9 Å². The number of piperidine rings is 1. The molecule has 1 fully saturated rings. The Hall–Kier alpha value is -1.66. The summed E-state index contributed by atoms with van der Waals surface area (Å²) < 4.78 is 0. The lowest BCUT2D eigenvalue weighted by atomic mass is 10.0.